The average Bonchev–Trinajstić information content (AvgIpc) is 2.59. The van der Waals surface area contributed by atoms with Gasteiger partial charge in [0.25, 0.3) is 0 Å². The van der Waals surface area contributed by atoms with Crippen LogP contribution in [0, 0.1) is 5.92 Å². The van der Waals surface area contributed by atoms with Crippen molar-refractivity contribution in [2.24, 2.45) is 10.9 Å². The molecule has 1 unspecified atom stereocenters. The summed E-state index contributed by atoms with van der Waals surface area (Å²) < 4.78 is 0. The first-order chi connectivity index (χ1) is 4.84. The predicted molar refractivity (Wildman–Crippen MR) is 46.7 cm³/mol. The standard InChI is InChI=1S/C8H13NS/c1-6-5-10-8(9-6)4-7-2-3-7/h6-7H,2-5H2,1H3. The summed E-state index contributed by atoms with van der Waals surface area (Å²) in [6.07, 6.45) is 4.19. The molecule has 0 spiro atoms. The second-order valence-corrected chi connectivity index (χ2v) is 4.42. The molecule has 1 nitrogen and oxygen atoms in total. The quantitative estimate of drug-likeness (QED) is 0.596. The molecule has 0 saturated heterocycles. The lowest BCUT2D eigenvalue weighted by Gasteiger charge is -1.93. The molecule has 2 aliphatic rings. The van der Waals surface area contributed by atoms with E-state index in [1.807, 2.05) is 11.8 Å². The second-order valence-electron chi connectivity index (χ2n) is 3.33. The molecule has 2 heteroatoms. The highest BCUT2D eigenvalue weighted by molar-refractivity contribution is 8.14. The maximum atomic E-state index is 4.55. The third kappa shape index (κ3) is 1.54. The van der Waals surface area contributed by atoms with Crippen LogP contribution in [0.15, 0.2) is 4.99 Å². The van der Waals surface area contributed by atoms with E-state index in [1.54, 1.807) is 0 Å². The van der Waals surface area contributed by atoms with Crippen LogP contribution in [0.4, 0.5) is 0 Å². The van der Waals surface area contributed by atoms with E-state index >= 15 is 0 Å². The third-order valence-corrected chi connectivity index (χ3v) is 3.27. The summed E-state index contributed by atoms with van der Waals surface area (Å²) in [4.78, 5) is 4.55. The molecule has 1 aliphatic heterocycles. The molecule has 10 heavy (non-hydrogen) atoms. The highest BCUT2D eigenvalue weighted by Crippen LogP contribution is 2.36. The first-order valence-electron chi connectivity index (χ1n) is 4.04. The van der Waals surface area contributed by atoms with Gasteiger partial charge in [-0.1, -0.05) is 0 Å². The number of hydrogen-bond donors (Lipinski definition) is 0. The van der Waals surface area contributed by atoms with Gasteiger partial charge in [0.05, 0.1) is 11.1 Å². The number of aliphatic imine (C=N–C) groups is 1. The van der Waals surface area contributed by atoms with Crippen LogP contribution in [0.2, 0.25) is 0 Å². The van der Waals surface area contributed by atoms with Crippen molar-refractivity contribution < 1.29 is 0 Å². The maximum absolute atomic E-state index is 4.55. The minimum atomic E-state index is 0.596. The Morgan fingerprint density at radius 2 is 2.40 bits per heavy atom. The fourth-order valence-corrected chi connectivity index (χ4v) is 2.33. The zero-order chi connectivity index (χ0) is 6.97. The molecule has 56 valence electrons. The summed E-state index contributed by atoms with van der Waals surface area (Å²) in [7, 11) is 0. The molecular weight excluding hydrogens is 142 g/mol. The van der Waals surface area contributed by atoms with Gasteiger partial charge in [0, 0.05) is 5.75 Å². The van der Waals surface area contributed by atoms with E-state index in [4.69, 9.17) is 0 Å². The van der Waals surface area contributed by atoms with Crippen molar-refractivity contribution in [1.29, 1.82) is 0 Å². The van der Waals surface area contributed by atoms with E-state index in [-0.39, 0.29) is 0 Å². The highest BCUT2D eigenvalue weighted by Gasteiger charge is 2.25. The second kappa shape index (κ2) is 2.57. The molecule has 1 saturated carbocycles. The number of thioether (sulfide) groups is 1. The predicted octanol–water partition coefficient (Wildman–Crippen LogP) is 2.32. The molecule has 1 fully saturated rings. The maximum Gasteiger partial charge on any atom is 0.0683 e. The SMILES string of the molecule is CC1CSC(CC2CC2)=N1. The lowest BCUT2D eigenvalue weighted by molar-refractivity contribution is 0.845. The Hall–Kier alpha value is 0.0200. The van der Waals surface area contributed by atoms with Crippen molar-refractivity contribution in [2.75, 3.05) is 5.75 Å². The van der Waals surface area contributed by atoms with Gasteiger partial charge in [-0.05, 0) is 32.1 Å². The van der Waals surface area contributed by atoms with Gasteiger partial charge in [-0.3, -0.25) is 4.99 Å². The van der Waals surface area contributed by atoms with Crippen molar-refractivity contribution in [2.45, 2.75) is 32.2 Å². The van der Waals surface area contributed by atoms with E-state index in [0.717, 1.165) is 5.92 Å². The zero-order valence-corrected chi connectivity index (χ0v) is 7.16. The van der Waals surface area contributed by atoms with Crippen molar-refractivity contribution in [3.8, 4) is 0 Å². The smallest absolute Gasteiger partial charge is 0.0683 e. The Morgan fingerprint density at radius 1 is 1.60 bits per heavy atom. The van der Waals surface area contributed by atoms with Gasteiger partial charge in [0.15, 0.2) is 0 Å². The van der Waals surface area contributed by atoms with Crippen LogP contribution in [0.25, 0.3) is 0 Å². The van der Waals surface area contributed by atoms with Crippen molar-refractivity contribution >= 4 is 16.8 Å². The lowest BCUT2D eigenvalue weighted by Crippen LogP contribution is -1.93. The van der Waals surface area contributed by atoms with Gasteiger partial charge in [-0.15, -0.1) is 11.8 Å². The number of nitrogens with zero attached hydrogens (tertiary/aromatic N) is 1. The summed E-state index contributed by atoms with van der Waals surface area (Å²) in [6, 6.07) is 0.596. The van der Waals surface area contributed by atoms with Gasteiger partial charge in [0.1, 0.15) is 0 Å². The molecule has 1 aliphatic carbocycles. The number of hydrogen-bond acceptors (Lipinski definition) is 2. The van der Waals surface area contributed by atoms with Crippen molar-refractivity contribution in [3.05, 3.63) is 0 Å². The molecule has 0 aromatic heterocycles. The van der Waals surface area contributed by atoms with Crippen LogP contribution in [0.3, 0.4) is 0 Å². The molecule has 1 heterocycles. The molecule has 0 bridgehead atoms. The first-order valence-corrected chi connectivity index (χ1v) is 5.02. The largest absolute Gasteiger partial charge is 0.279 e. The third-order valence-electron chi connectivity index (χ3n) is 2.02. The molecular formula is C8H13NS. The van der Waals surface area contributed by atoms with Gasteiger partial charge in [-0.2, -0.15) is 0 Å². The Labute approximate surface area is 66.3 Å². The van der Waals surface area contributed by atoms with E-state index in [2.05, 4.69) is 11.9 Å². The molecule has 0 aromatic carbocycles. The summed E-state index contributed by atoms with van der Waals surface area (Å²) in [5.41, 5.74) is 0. The summed E-state index contributed by atoms with van der Waals surface area (Å²) in [5.74, 6) is 2.23. The molecule has 0 amide bonds. The zero-order valence-electron chi connectivity index (χ0n) is 6.34. The van der Waals surface area contributed by atoms with Crippen LogP contribution in [-0.2, 0) is 0 Å². The van der Waals surface area contributed by atoms with Gasteiger partial charge in [-0.25, -0.2) is 0 Å². The van der Waals surface area contributed by atoms with E-state index in [0.29, 0.717) is 6.04 Å². The molecule has 0 aromatic rings. The van der Waals surface area contributed by atoms with Gasteiger partial charge >= 0.3 is 0 Å². The topological polar surface area (TPSA) is 12.4 Å². The lowest BCUT2D eigenvalue weighted by atomic mass is 10.3. The normalized spacial score (nSPS) is 32.5. The molecule has 1 atom stereocenters. The summed E-state index contributed by atoms with van der Waals surface area (Å²) in [6.45, 7) is 2.20. The van der Waals surface area contributed by atoms with E-state index < -0.39 is 0 Å². The monoisotopic (exact) mass is 155 g/mol. The first kappa shape index (κ1) is 6.71. The highest BCUT2D eigenvalue weighted by atomic mass is 32.2. The van der Waals surface area contributed by atoms with Crippen LogP contribution >= 0.6 is 11.8 Å². The molecule has 2 rings (SSSR count). The van der Waals surface area contributed by atoms with Crippen LogP contribution in [0.1, 0.15) is 26.2 Å². The van der Waals surface area contributed by atoms with Gasteiger partial charge < -0.3 is 0 Å². The fourth-order valence-electron chi connectivity index (χ4n) is 1.22. The minimum absolute atomic E-state index is 0.596. The molecule has 0 radical (unpaired) electrons. The number of rotatable bonds is 2. The van der Waals surface area contributed by atoms with Crippen LogP contribution in [-0.4, -0.2) is 16.8 Å². The molecule has 0 N–H and O–H groups in total. The minimum Gasteiger partial charge on any atom is -0.279 e. The Kier molecular flexibility index (Phi) is 1.73. The fraction of sp³-hybridized carbons (Fsp3) is 0.875. The van der Waals surface area contributed by atoms with E-state index in [1.165, 1.54) is 30.1 Å². The van der Waals surface area contributed by atoms with Crippen molar-refractivity contribution in [1.82, 2.24) is 0 Å². The Morgan fingerprint density at radius 3 is 2.90 bits per heavy atom. The van der Waals surface area contributed by atoms with Crippen LogP contribution < -0.4 is 0 Å². The van der Waals surface area contributed by atoms with Gasteiger partial charge in [0.2, 0.25) is 0 Å². The van der Waals surface area contributed by atoms with Crippen LogP contribution in [0.5, 0.6) is 0 Å². The average molecular weight is 155 g/mol. The van der Waals surface area contributed by atoms with Crippen molar-refractivity contribution in [3.63, 3.8) is 0 Å². The van der Waals surface area contributed by atoms with E-state index in [9.17, 15) is 0 Å². The summed E-state index contributed by atoms with van der Waals surface area (Å²) >= 11 is 1.97. The Bertz CT molecular complexity index is 161. The summed E-state index contributed by atoms with van der Waals surface area (Å²) in [5, 5.41) is 1.43. The Balaban J connectivity index is 1.85.